The lowest BCUT2D eigenvalue weighted by atomic mass is 9.87. The average Bonchev–Trinajstić information content (AvgIpc) is 3.96. The zero-order valence-corrected chi connectivity index (χ0v) is 40.6. The summed E-state index contributed by atoms with van der Waals surface area (Å²) in [6.45, 7) is 14.9. The lowest BCUT2D eigenvalue weighted by Crippen LogP contribution is -2.20. The van der Waals surface area contributed by atoms with Crippen molar-refractivity contribution in [3.8, 4) is 34.4 Å². The van der Waals surface area contributed by atoms with Crippen LogP contribution in [0.3, 0.4) is 0 Å². The van der Waals surface area contributed by atoms with Gasteiger partial charge in [0.15, 0.2) is 0 Å². The first-order chi connectivity index (χ1) is 31.9. The van der Waals surface area contributed by atoms with E-state index in [1.165, 1.54) is 9.59 Å². The maximum absolute atomic E-state index is 12.1. The quantitative estimate of drug-likeness (QED) is 0.0929. The first kappa shape index (κ1) is 57.1. The topological polar surface area (TPSA) is 173 Å². The van der Waals surface area contributed by atoms with Gasteiger partial charge in [0.05, 0.1) is 20.8 Å². The Hall–Kier alpha value is -7.26. The number of esters is 1. The number of phenolic OH excluding ortho intramolecular Hbond substituents is 1. The van der Waals surface area contributed by atoms with E-state index in [0.717, 1.165) is 44.5 Å². The summed E-state index contributed by atoms with van der Waals surface area (Å²) in [6.07, 6.45) is -1.20. The van der Waals surface area contributed by atoms with Crippen molar-refractivity contribution in [1.29, 1.82) is 0 Å². The molecule has 70 heavy (non-hydrogen) atoms. The molecule has 2 heterocycles. The van der Waals surface area contributed by atoms with E-state index in [1.54, 1.807) is 57.5 Å². The van der Waals surface area contributed by atoms with Crippen LogP contribution in [0.4, 0.5) is 0 Å². The van der Waals surface area contributed by atoms with Gasteiger partial charge in [-0.25, -0.2) is 4.79 Å². The molecule has 2 aromatic heterocycles. The maximum Gasteiger partial charge on any atom is 0.349 e. The molecule has 6 aromatic carbocycles. The summed E-state index contributed by atoms with van der Waals surface area (Å²) in [4.78, 5) is 26.1. The van der Waals surface area contributed by atoms with E-state index in [2.05, 4.69) is 77.9 Å². The largest absolute Gasteiger partial charge is 0.506 e. The summed E-state index contributed by atoms with van der Waals surface area (Å²) in [5.74, 6) is 0.588. The van der Waals surface area contributed by atoms with Gasteiger partial charge in [-0.1, -0.05) is 140 Å². The number of hydrogen-bond acceptors (Lipinski definition) is 11. The van der Waals surface area contributed by atoms with E-state index in [1.807, 2.05) is 97.1 Å². The number of aromatic hydroxyl groups is 1. The third kappa shape index (κ3) is 14.2. The van der Waals surface area contributed by atoms with E-state index in [0.29, 0.717) is 35.0 Å². The Morgan fingerprint density at radius 1 is 0.600 bits per heavy atom. The number of aromatic nitrogens is 6. The number of fused-ring (bicyclic) bond motifs is 2. The van der Waals surface area contributed by atoms with Crippen LogP contribution < -0.4 is 14.2 Å². The van der Waals surface area contributed by atoms with E-state index in [9.17, 15) is 19.8 Å². The highest BCUT2D eigenvalue weighted by molar-refractivity contribution is 9.09. The van der Waals surface area contributed by atoms with E-state index in [-0.39, 0.29) is 44.8 Å². The van der Waals surface area contributed by atoms with Crippen LogP contribution in [-0.2, 0) is 25.2 Å². The molecule has 14 nitrogen and oxygen atoms in total. The molecule has 2 N–H and O–H groups in total. The molecule has 0 spiro atoms. The molecular formula is C55H67BrN6O8. The van der Waals surface area contributed by atoms with Crippen LogP contribution in [0.15, 0.2) is 133 Å². The van der Waals surface area contributed by atoms with Crippen molar-refractivity contribution in [3.63, 3.8) is 0 Å². The molecule has 2 atom stereocenters. The lowest BCUT2D eigenvalue weighted by Gasteiger charge is -2.22. The van der Waals surface area contributed by atoms with Crippen LogP contribution in [-0.4, -0.2) is 73.0 Å². The van der Waals surface area contributed by atoms with Gasteiger partial charge < -0.3 is 29.2 Å². The van der Waals surface area contributed by atoms with Gasteiger partial charge >= 0.3 is 11.9 Å². The predicted octanol–water partition coefficient (Wildman–Crippen LogP) is 13.0. The summed E-state index contributed by atoms with van der Waals surface area (Å²) in [6, 6.07) is 40.5. The van der Waals surface area contributed by atoms with Gasteiger partial charge in [-0.05, 0) is 107 Å². The van der Waals surface area contributed by atoms with E-state index in [4.69, 9.17) is 18.9 Å². The van der Waals surface area contributed by atoms with Crippen molar-refractivity contribution in [3.05, 3.63) is 156 Å². The fourth-order valence-corrected chi connectivity index (χ4v) is 7.05. The van der Waals surface area contributed by atoms with Crippen LogP contribution in [0.5, 0.6) is 23.0 Å². The highest BCUT2D eigenvalue weighted by atomic mass is 79.9. The van der Waals surface area contributed by atoms with Gasteiger partial charge in [0.25, 0.3) is 0 Å². The molecule has 2 unspecified atom stereocenters. The number of hydrogen-bond donors (Lipinski definition) is 2. The fourth-order valence-electron chi connectivity index (χ4n) is 6.62. The van der Waals surface area contributed by atoms with Crippen molar-refractivity contribution in [2.24, 2.45) is 0 Å². The number of rotatable bonds is 11. The van der Waals surface area contributed by atoms with Gasteiger partial charge in [-0.2, -0.15) is 0 Å². The molecule has 15 heteroatoms. The average molecular weight is 1020 g/mol. The Kier molecular flexibility index (Phi) is 20.3. The molecule has 0 bridgehead atoms. The number of phenols is 1. The standard InChI is InChI=1S/C25H25N3O4.C16H17N3O.C11H13BrO3.3CH4/c1-25(2,3)17-11-14-22(21(15-17)28-26-19-7-5-6-8-20(19)27-28)32-23(24(29)30)16-9-12-18(31-4)13-10-16;1-16(2,3)11-8-9-15(20)14(10-11)19-17-12-6-4-5-7-13(12)18-19;1-3-15-11(13)10(12)8-4-6-9(14-2)7-5-8;;;/h5-15,23H,1-4H3,(H,29,30);4-10,20H,1-3H3;4-7,10H,3H2,1-2H3;3*1H4. The Bertz CT molecular complexity index is 2870. The maximum atomic E-state index is 12.1. The number of methoxy groups -OCH3 is 2. The third-order valence-electron chi connectivity index (χ3n) is 10.5. The van der Waals surface area contributed by atoms with Crippen LogP contribution in [0.25, 0.3) is 33.4 Å². The summed E-state index contributed by atoms with van der Waals surface area (Å²) in [5, 5.41) is 37.9. The fraction of sp³-hybridized carbons (Fsp3) is 0.309. The van der Waals surface area contributed by atoms with Crippen molar-refractivity contribution in [2.75, 3.05) is 20.8 Å². The van der Waals surface area contributed by atoms with Crippen LogP contribution in [0.2, 0.25) is 0 Å². The number of benzene rings is 6. The smallest absolute Gasteiger partial charge is 0.349 e. The van der Waals surface area contributed by atoms with Gasteiger partial charge in [0.1, 0.15) is 61.3 Å². The van der Waals surface area contributed by atoms with Gasteiger partial charge in [0.2, 0.25) is 6.10 Å². The van der Waals surface area contributed by atoms with E-state index < -0.39 is 16.9 Å². The zero-order valence-electron chi connectivity index (χ0n) is 39.0. The number of alkyl halides is 1. The number of halogens is 1. The molecule has 0 fully saturated rings. The molecule has 0 aliphatic heterocycles. The minimum Gasteiger partial charge on any atom is -0.506 e. The Morgan fingerprint density at radius 2 is 1.00 bits per heavy atom. The molecule has 0 saturated heterocycles. The van der Waals surface area contributed by atoms with Gasteiger partial charge in [0, 0.05) is 5.56 Å². The predicted molar refractivity (Wildman–Crippen MR) is 282 cm³/mol. The van der Waals surface area contributed by atoms with Crippen LogP contribution in [0, 0.1) is 0 Å². The second kappa shape index (κ2) is 24.9. The number of carbonyl (C=O) groups excluding carboxylic acids is 1. The lowest BCUT2D eigenvalue weighted by molar-refractivity contribution is -0.145. The summed E-state index contributed by atoms with van der Waals surface area (Å²) >= 11 is 3.28. The summed E-state index contributed by atoms with van der Waals surface area (Å²) in [5.41, 5.74) is 7.72. The molecule has 0 aliphatic carbocycles. The second-order valence-corrected chi connectivity index (χ2v) is 18.3. The van der Waals surface area contributed by atoms with Gasteiger partial charge in [-0.15, -0.1) is 30.0 Å². The number of nitrogens with zero attached hydrogens (tertiary/aromatic N) is 6. The summed E-state index contributed by atoms with van der Waals surface area (Å²) in [7, 11) is 3.16. The molecule has 0 saturated carbocycles. The normalized spacial score (nSPS) is 11.7. The Balaban J connectivity index is 0.000000294. The van der Waals surface area contributed by atoms with Crippen molar-refractivity contribution < 1.29 is 38.7 Å². The van der Waals surface area contributed by atoms with Crippen molar-refractivity contribution >= 4 is 49.9 Å². The molecular weight excluding hydrogens is 953 g/mol. The SMILES string of the molecule is C.C.C.CC(C)(C)c1ccc(O)c(-n2nc3ccccc3n2)c1.CCOC(=O)C(Br)c1ccc(OC)cc1.COc1ccc(C(Oc2ccc(C(C)(C)C)cc2-n2nc3ccccc3n2)C(=O)O)cc1. The van der Waals surface area contributed by atoms with Crippen molar-refractivity contribution in [2.45, 2.75) is 92.5 Å². The molecule has 8 rings (SSSR count). The minimum absolute atomic E-state index is 0. The molecule has 372 valence electrons. The minimum atomic E-state index is -1.20. The zero-order chi connectivity index (χ0) is 48.5. The number of carboxylic acids is 1. The van der Waals surface area contributed by atoms with Crippen molar-refractivity contribution in [1.82, 2.24) is 30.0 Å². The molecule has 0 radical (unpaired) electrons. The monoisotopic (exact) mass is 1020 g/mol. The Labute approximate surface area is 420 Å². The first-order valence-corrected chi connectivity index (χ1v) is 22.4. The van der Waals surface area contributed by atoms with Gasteiger partial charge in [-0.3, -0.25) is 4.79 Å². The number of aliphatic carboxylic acids is 1. The van der Waals surface area contributed by atoms with Crippen LogP contribution >= 0.6 is 15.9 Å². The Morgan fingerprint density at radius 3 is 1.40 bits per heavy atom. The highest BCUT2D eigenvalue weighted by Gasteiger charge is 2.26. The first-order valence-electron chi connectivity index (χ1n) is 21.5. The molecule has 8 aromatic rings. The summed E-state index contributed by atoms with van der Waals surface area (Å²) < 4.78 is 21.1. The highest BCUT2D eigenvalue weighted by Crippen LogP contribution is 2.34. The number of carboxylic acid groups (broad SMARTS) is 1. The number of carbonyl (C=O) groups is 2. The number of ether oxygens (including phenoxy) is 4. The molecule has 0 amide bonds. The second-order valence-electron chi connectivity index (χ2n) is 17.3. The molecule has 0 aliphatic rings. The van der Waals surface area contributed by atoms with Crippen LogP contribution in [0.1, 0.15) is 104 Å². The third-order valence-corrected chi connectivity index (χ3v) is 11.4. The van der Waals surface area contributed by atoms with E-state index >= 15 is 0 Å².